The van der Waals surface area contributed by atoms with E-state index in [1.807, 2.05) is 6.92 Å². The summed E-state index contributed by atoms with van der Waals surface area (Å²) in [5.74, 6) is -1.17. The van der Waals surface area contributed by atoms with Crippen molar-refractivity contribution in [1.29, 1.82) is 0 Å². The van der Waals surface area contributed by atoms with Gasteiger partial charge in [0.2, 0.25) is 11.8 Å². The molecule has 1 aromatic carbocycles. The molecule has 2 atom stereocenters. The molecule has 1 N–H and O–H groups in total. The second-order valence-electron chi connectivity index (χ2n) is 5.54. The summed E-state index contributed by atoms with van der Waals surface area (Å²) < 4.78 is 13.1. The fourth-order valence-corrected chi connectivity index (χ4v) is 3.35. The van der Waals surface area contributed by atoms with Gasteiger partial charge in [0.25, 0.3) is 0 Å². The number of piperidine rings is 1. The largest absolute Gasteiger partial charge is 0.296 e. The molecule has 0 spiro atoms. The van der Waals surface area contributed by atoms with Crippen LogP contribution in [0.25, 0.3) is 0 Å². The number of rotatable bonds is 4. The van der Waals surface area contributed by atoms with E-state index in [2.05, 4.69) is 12.2 Å². The zero-order valence-electron chi connectivity index (χ0n) is 11.9. The quantitative estimate of drug-likeness (QED) is 0.859. The molecule has 2 amide bonds. The highest BCUT2D eigenvalue weighted by Gasteiger charge is 2.47. The molecular weight excluding hydrogens is 257 g/mol. The molecule has 1 aliphatic rings. The first-order valence-corrected chi connectivity index (χ1v) is 7.11. The first kappa shape index (κ1) is 14.7. The molecule has 1 fully saturated rings. The minimum absolute atomic E-state index is 0.205. The third-order valence-electron chi connectivity index (χ3n) is 4.31. The number of benzene rings is 1. The Morgan fingerprint density at radius 1 is 1.25 bits per heavy atom. The Bertz CT molecular complexity index is 512. The Labute approximate surface area is 118 Å². The third kappa shape index (κ3) is 2.60. The van der Waals surface area contributed by atoms with Crippen molar-refractivity contribution in [3.05, 3.63) is 35.6 Å². The zero-order chi connectivity index (χ0) is 14.8. The van der Waals surface area contributed by atoms with E-state index >= 15 is 0 Å². The van der Waals surface area contributed by atoms with E-state index in [0.29, 0.717) is 6.42 Å². The topological polar surface area (TPSA) is 46.2 Å². The highest BCUT2D eigenvalue weighted by molar-refractivity contribution is 6.02. The lowest BCUT2D eigenvalue weighted by Gasteiger charge is -2.42. The highest BCUT2D eigenvalue weighted by atomic mass is 19.1. The zero-order valence-corrected chi connectivity index (χ0v) is 11.9. The summed E-state index contributed by atoms with van der Waals surface area (Å²) in [6.45, 7) is 4.06. The average Bonchev–Trinajstić information content (AvgIpc) is 2.40. The van der Waals surface area contributed by atoms with Crippen molar-refractivity contribution in [1.82, 2.24) is 5.32 Å². The van der Waals surface area contributed by atoms with Crippen molar-refractivity contribution in [2.24, 2.45) is 5.41 Å². The second-order valence-corrected chi connectivity index (χ2v) is 5.54. The number of carbonyl (C=O) groups excluding carboxylic acids is 2. The van der Waals surface area contributed by atoms with Gasteiger partial charge in [-0.15, -0.1) is 0 Å². The predicted octanol–water partition coefficient (Wildman–Crippen LogP) is 3.15. The SMILES string of the molecule is CCCC1(CC)CC(=O)NC(=O)C1c1ccc(F)cc1. The van der Waals surface area contributed by atoms with Gasteiger partial charge in [0.15, 0.2) is 0 Å². The van der Waals surface area contributed by atoms with E-state index in [1.54, 1.807) is 12.1 Å². The number of carbonyl (C=O) groups is 2. The number of amides is 2. The van der Waals surface area contributed by atoms with Gasteiger partial charge >= 0.3 is 0 Å². The lowest BCUT2D eigenvalue weighted by atomic mass is 9.63. The molecule has 1 heterocycles. The van der Waals surface area contributed by atoms with Crippen LogP contribution in [0.1, 0.15) is 51.0 Å². The van der Waals surface area contributed by atoms with Crippen LogP contribution in [-0.4, -0.2) is 11.8 Å². The molecule has 0 saturated carbocycles. The summed E-state index contributed by atoms with van der Waals surface area (Å²) >= 11 is 0. The van der Waals surface area contributed by atoms with Crippen molar-refractivity contribution >= 4 is 11.8 Å². The van der Waals surface area contributed by atoms with Crippen LogP contribution in [-0.2, 0) is 9.59 Å². The summed E-state index contributed by atoms with van der Waals surface area (Å²) in [6, 6.07) is 6.03. The molecular formula is C16H20FNO2. The van der Waals surface area contributed by atoms with Crippen molar-refractivity contribution in [2.75, 3.05) is 0 Å². The molecule has 1 saturated heterocycles. The van der Waals surface area contributed by atoms with Gasteiger partial charge in [-0.3, -0.25) is 14.9 Å². The molecule has 2 rings (SSSR count). The van der Waals surface area contributed by atoms with Crippen molar-refractivity contribution in [3.8, 4) is 0 Å². The lowest BCUT2D eigenvalue weighted by molar-refractivity contribution is -0.140. The van der Waals surface area contributed by atoms with Crippen LogP contribution < -0.4 is 5.32 Å². The van der Waals surface area contributed by atoms with E-state index in [9.17, 15) is 14.0 Å². The Morgan fingerprint density at radius 3 is 2.45 bits per heavy atom. The minimum Gasteiger partial charge on any atom is -0.296 e. The molecule has 20 heavy (non-hydrogen) atoms. The smallest absolute Gasteiger partial charge is 0.234 e. The molecule has 0 bridgehead atoms. The van der Waals surface area contributed by atoms with Gasteiger partial charge < -0.3 is 0 Å². The number of imide groups is 1. The Balaban J connectivity index is 2.46. The number of nitrogens with one attached hydrogen (secondary N) is 1. The standard InChI is InChI=1S/C16H20FNO2/c1-3-9-16(4-2)10-13(19)18-15(20)14(16)11-5-7-12(17)8-6-11/h5-8,14H,3-4,9-10H2,1-2H3,(H,18,19,20). The second kappa shape index (κ2) is 5.73. The van der Waals surface area contributed by atoms with E-state index in [1.165, 1.54) is 12.1 Å². The van der Waals surface area contributed by atoms with E-state index in [-0.39, 0.29) is 29.0 Å². The summed E-state index contributed by atoms with van der Waals surface area (Å²) in [7, 11) is 0. The first-order valence-electron chi connectivity index (χ1n) is 7.11. The Morgan fingerprint density at radius 2 is 1.90 bits per heavy atom. The Kier molecular flexibility index (Phi) is 4.21. The van der Waals surface area contributed by atoms with Crippen LogP contribution in [0, 0.1) is 11.2 Å². The van der Waals surface area contributed by atoms with Gasteiger partial charge in [-0.2, -0.15) is 0 Å². The van der Waals surface area contributed by atoms with Crippen LogP contribution in [0.5, 0.6) is 0 Å². The first-order chi connectivity index (χ1) is 9.52. The predicted molar refractivity (Wildman–Crippen MR) is 74.5 cm³/mol. The fraction of sp³-hybridized carbons (Fsp3) is 0.500. The van der Waals surface area contributed by atoms with Gasteiger partial charge in [0.1, 0.15) is 5.82 Å². The number of hydrogen-bond donors (Lipinski definition) is 1. The van der Waals surface area contributed by atoms with E-state index in [0.717, 1.165) is 24.8 Å². The van der Waals surface area contributed by atoms with Crippen LogP contribution in [0.15, 0.2) is 24.3 Å². The van der Waals surface area contributed by atoms with Crippen molar-refractivity contribution in [2.45, 2.75) is 45.4 Å². The summed E-state index contributed by atoms with van der Waals surface area (Å²) in [6.07, 6.45) is 2.82. The van der Waals surface area contributed by atoms with Gasteiger partial charge in [-0.1, -0.05) is 32.4 Å². The van der Waals surface area contributed by atoms with Crippen molar-refractivity contribution in [3.63, 3.8) is 0 Å². The van der Waals surface area contributed by atoms with Gasteiger partial charge in [0, 0.05) is 6.42 Å². The van der Waals surface area contributed by atoms with Crippen molar-refractivity contribution < 1.29 is 14.0 Å². The third-order valence-corrected chi connectivity index (χ3v) is 4.31. The van der Waals surface area contributed by atoms with Gasteiger partial charge in [-0.05, 0) is 36.0 Å². The highest BCUT2D eigenvalue weighted by Crippen LogP contribution is 2.47. The summed E-state index contributed by atoms with van der Waals surface area (Å²) in [4.78, 5) is 24.1. The van der Waals surface area contributed by atoms with Crippen LogP contribution in [0.2, 0.25) is 0 Å². The molecule has 0 aromatic heterocycles. The molecule has 4 heteroatoms. The monoisotopic (exact) mass is 277 g/mol. The minimum atomic E-state index is -0.384. The number of halogens is 1. The average molecular weight is 277 g/mol. The molecule has 1 aliphatic heterocycles. The van der Waals surface area contributed by atoms with Crippen LogP contribution in [0.4, 0.5) is 4.39 Å². The molecule has 1 aromatic rings. The molecule has 3 nitrogen and oxygen atoms in total. The molecule has 0 radical (unpaired) electrons. The summed E-state index contributed by atoms with van der Waals surface area (Å²) in [5, 5.41) is 2.42. The van der Waals surface area contributed by atoms with Gasteiger partial charge in [0.05, 0.1) is 5.92 Å². The van der Waals surface area contributed by atoms with E-state index in [4.69, 9.17) is 0 Å². The van der Waals surface area contributed by atoms with E-state index < -0.39 is 0 Å². The van der Waals surface area contributed by atoms with Gasteiger partial charge in [-0.25, -0.2) is 4.39 Å². The molecule has 2 unspecified atom stereocenters. The fourth-order valence-electron chi connectivity index (χ4n) is 3.35. The maximum atomic E-state index is 13.1. The maximum Gasteiger partial charge on any atom is 0.234 e. The normalized spacial score (nSPS) is 26.4. The van der Waals surface area contributed by atoms with Crippen LogP contribution >= 0.6 is 0 Å². The lowest BCUT2D eigenvalue weighted by Crippen LogP contribution is -2.50. The molecule has 0 aliphatic carbocycles. The summed E-state index contributed by atoms with van der Waals surface area (Å²) in [5.41, 5.74) is 0.429. The number of hydrogen-bond acceptors (Lipinski definition) is 2. The molecule has 108 valence electrons. The maximum absolute atomic E-state index is 13.1. The Hall–Kier alpha value is -1.71. The van der Waals surface area contributed by atoms with Crippen LogP contribution in [0.3, 0.4) is 0 Å².